The highest BCUT2D eigenvalue weighted by Gasteiger charge is 2.03. The number of rotatable bonds is 2. The Kier molecular flexibility index (Phi) is 3.44. The summed E-state index contributed by atoms with van der Waals surface area (Å²) in [7, 11) is 0. The summed E-state index contributed by atoms with van der Waals surface area (Å²) in [6, 6.07) is 32.6. The van der Waals surface area contributed by atoms with E-state index < -0.39 is 0 Å². The fourth-order valence-electron chi connectivity index (χ4n) is 3.07. The van der Waals surface area contributed by atoms with Gasteiger partial charge < -0.3 is 0 Å². The van der Waals surface area contributed by atoms with E-state index in [0.29, 0.717) is 0 Å². The van der Waals surface area contributed by atoms with Crippen molar-refractivity contribution in [2.45, 2.75) is 6.92 Å². The predicted octanol–water partition coefficient (Wildman–Crippen LogP) is 6.48. The lowest BCUT2D eigenvalue weighted by atomic mass is 9.97. The lowest BCUT2D eigenvalue weighted by molar-refractivity contribution is 1.47. The van der Waals surface area contributed by atoms with Crippen molar-refractivity contribution in [3.8, 4) is 22.3 Å². The Morgan fingerprint density at radius 2 is 1.04 bits per heavy atom. The number of aryl methyl sites for hydroxylation is 1. The van der Waals surface area contributed by atoms with Crippen LogP contribution < -0.4 is 0 Å². The van der Waals surface area contributed by atoms with Gasteiger partial charge in [-0.3, -0.25) is 0 Å². The van der Waals surface area contributed by atoms with Gasteiger partial charge in [0.15, 0.2) is 0 Å². The van der Waals surface area contributed by atoms with Crippen molar-refractivity contribution in [2.75, 3.05) is 0 Å². The Balaban J connectivity index is 1.81. The maximum atomic E-state index is 2.28. The maximum absolute atomic E-state index is 2.28. The van der Waals surface area contributed by atoms with E-state index in [0.717, 1.165) is 0 Å². The van der Waals surface area contributed by atoms with Crippen LogP contribution in [0, 0.1) is 6.92 Å². The Labute approximate surface area is 137 Å². The zero-order valence-corrected chi connectivity index (χ0v) is 13.2. The van der Waals surface area contributed by atoms with Crippen molar-refractivity contribution in [2.24, 2.45) is 0 Å². The van der Waals surface area contributed by atoms with Gasteiger partial charge >= 0.3 is 0 Å². The first-order valence-electron chi connectivity index (χ1n) is 7.96. The molecule has 0 amide bonds. The summed E-state index contributed by atoms with van der Waals surface area (Å²) in [6.07, 6.45) is 0. The molecule has 0 unspecified atom stereocenters. The average molecular weight is 294 g/mol. The molecule has 0 aromatic heterocycles. The molecule has 110 valence electrons. The molecule has 0 bridgehead atoms. The highest BCUT2D eigenvalue weighted by Crippen LogP contribution is 2.28. The summed E-state index contributed by atoms with van der Waals surface area (Å²) >= 11 is 0. The summed E-state index contributed by atoms with van der Waals surface area (Å²) in [5.41, 5.74) is 6.35. The molecule has 4 rings (SSSR count). The number of fused-ring (bicyclic) bond motifs is 1. The monoisotopic (exact) mass is 294 g/mol. The van der Waals surface area contributed by atoms with Crippen molar-refractivity contribution in [3.63, 3.8) is 0 Å². The van der Waals surface area contributed by atoms with Crippen LogP contribution in [0.4, 0.5) is 0 Å². The van der Waals surface area contributed by atoms with Crippen molar-refractivity contribution in [1.29, 1.82) is 0 Å². The normalized spacial score (nSPS) is 10.8. The topological polar surface area (TPSA) is 0 Å². The highest BCUT2D eigenvalue weighted by molar-refractivity contribution is 5.87. The molecule has 0 aliphatic carbocycles. The first-order valence-corrected chi connectivity index (χ1v) is 7.96. The molecular weight excluding hydrogens is 276 g/mol. The second kappa shape index (κ2) is 5.73. The van der Waals surface area contributed by atoms with E-state index in [1.165, 1.54) is 38.6 Å². The average Bonchev–Trinajstić information content (AvgIpc) is 2.61. The molecular formula is C23H18. The molecule has 0 heteroatoms. The van der Waals surface area contributed by atoms with Gasteiger partial charge in [0.1, 0.15) is 0 Å². The van der Waals surface area contributed by atoms with Crippen LogP contribution >= 0.6 is 0 Å². The van der Waals surface area contributed by atoms with Crippen molar-refractivity contribution in [1.82, 2.24) is 0 Å². The third-order valence-corrected chi connectivity index (χ3v) is 4.30. The quantitative estimate of drug-likeness (QED) is 0.397. The van der Waals surface area contributed by atoms with Crippen molar-refractivity contribution in [3.05, 3.63) is 96.6 Å². The van der Waals surface area contributed by atoms with Crippen LogP contribution in [-0.4, -0.2) is 0 Å². The van der Waals surface area contributed by atoms with Crippen LogP contribution in [0.5, 0.6) is 0 Å². The molecule has 4 aromatic carbocycles. The maximum Gasteiger partial charge on any atom is -0.0177 e. The summed E-state index contributed by atoms with van der Waals surface area (Å²) in [6.45, 7) is 2.14. The Bertz CT molecular complexity index is 980. The SMILES string of the molecule is Cc1cccc(-c2cccc(-c3ccc4ccccc4c3)c2)c1. The Hall–Kier alpha value is -2.86. The van der Waals surface area contributed by atoms with Gasteiger partial charge in [0, 0.05) is 0 Å². The van der Waals surface area contributed by atoms with Gasteiger partial charge in [0.25, 0.3) is 0 Å². The minimum absolute atomic E-state index is 1.26. The van der Waals surface area contributed by atoms with Crippen LogP contribution in [0.25, 0.3) is 33.0 Å². The van der Waals surface area contributed by atoms with E-state index >= 15 is 0 Å². The fourth-order valence-corrected chi connectivity index (χ4v) is 3.07. The second-order valence-electron chi connectivity index (χ2n) is 6.01. The van der Waals surface area contributed by atoms with Gasteiger partial charge in [-0.15, -0.1) is 0 Å². The van der Waals surface area contributed by atoms with Crippen LogP contribution in [0.2, 0.25) is 0 Å². The zero-order chi connectivity index (χ0) is 15.6. The van der Waals surface area contributed by atoms with Gasteiger partial charge in [-0.2, -0.15) is 0 Å². The highest BCUT2D eigenvalue weighted by atomic mass is 14.1. The molecule has 0 saturated carbocycles. The molecule has 0 radical (unpaired) electrons. The third kappa shape index (κ3) is 2.76. The fraction of sp³-hybridized carbons (Fsp3) is 0.0435. The van der Waals surface area contributed by atoms with E-state index in [9.17, 15) is 0 Å². The van der Waals surface area contributed by atoms with Gasteiger partial charge in [-0.05, 0) is 52.1 Å². The number of hydrogen-bond donors (Lipinski definition) is 0. The Morgan fingerprint density at radius 3 is 1.78 bits per heavy atom. The van der Waals surface area contributed by atoms with E-state index in [1.54, 1.807) is 0 Å². The van der Waals surface area contributed by atoms with E-state index in [-0.39, 0.29) is 0 Å². The lowest BCUT2D eigenvalue weighted by Gasteiger charge is -2.08. The molecule has 4 aromatic rings. The molecule has 23 heavy (non-hydrogen) atoms. The van der Waals surface area contributed by atoms with Crippen molar-refractivity contribution >= 4 is 10.8 Å². The summed E-state index contributed by atoms with van der Waals surface area (Å²) in [5, 5.41) is 2.57. The molecule has 0 N–H and O–H groups in total. The molecule has 0 fully saturated rings. The van der Waals surface area contributed by atoms with Gasteiger partial charge in [0.05, 0.1) is 0 Å². The smallest absolute Gasteiger partial charge is 0.0177 e. The molecule has 0 heterocycles. The molecule has 0 spiro atoms. The third-order valence-electron chi connectivity index (χ3n) is 4.30. The zero-order valence-electron chi connectivity index (χ0n) is 13.2. The summed E-state index contributed by atoms with van der Waals surface area (Å²) in [4.78, 5) is 0. The molecule has 0 aliphatic rings. The molecule has 0 saturated heterocycles. The van der Waals surface area contributed by atoms with Crippen LogP contribution in [0.15, 0.2) is 91.0 Å². The predicted molar refractivity (Wildman–Crippen MR) is 99.6 cm³/mol. The van der Waals surface area contributed by atoms with Crippen LogP contribution in [0.1, 0.15) is 5.56 Å². The lowest BCUT2D eigenvalue weighted by Crippen LogP contribution is -1.83. The molecule has 0 atom stereocenters. The molecule has 0 nitrogen and oxygen atoms in total. The summed E-state index contributed by atoms with van der Waals surface area (Å²) in [5.74, 6) is 0. The largest absolute Gasteiger partial charge is 0.0616 e. The van der Waals surface area contributed by atoms with E-state index in [2.05, 4.69) is 97.9 Å². The van der Waals surface area contributed by atoms with Crippen LogP contribution in [-0.2, 0) is 0 Å². The number of benzene rings is 4. The standard InChI is InChI=1S/C23H18/c1-17-6-4-9-19(14-17)21-10-5-11-22(16-21)23-13-12-18-7-2-3-8-20(18)15-23/h2-16H,1H3. The van der Waals surface area contributed by atoms with Gasteiger partial charge in [-0.25, -0.2) is 0 Å². The van der Waals surface area contributed by atoms with Crippen molar-refractivity contribution < 1.29 is 0 Å². The number of hydrogen-bond acceptors (Lipinski definition) is 0. The van der Waals surface area contributed by atoms with Gasteiger partial charge in [-0.1, -0.05) is 84.4 Å². The Morgan fingerprint density at radius 1 is 0.435 bits per heavy atom. The first-order chi connectivity index (χ1) is 11.3. The summed E-state index contributed by atoms with van der Waals surface area (Å²) < 4.78 is 0. The van der Waals surface area contributed by atoms with E-state index in [4.69, 9.17) is 0 Å². The molecule has 0 aliphatic heterocycles. The van der Waals surface area contributed by atoms with E-state index in [1.807, 2.05) is 0 Å². The van der Waals surface area contributed by atoms with Crippen LogP contribution in [0.3, 0.4) is 0 Å². The minimum Gasteiger partial charge on any atom is -0.0616 e. The first kappa shape index (κ1) is 13.8. The van der Waals surface area contributed by atoms with Gasteiger partial charge in [0.2, 0.25) is 0 Å². The second-order valence-corrected chi connectivity index (χ2v) is 6.01. The minimum atomic E-state index is 1.26.